The zero-order valence-electron chi connectivity index (χ0n) is 6.77. The van der Waals surface area contributed by atoms with E-state index in [-0.39, 0.29) is 5.75 Å². The van der Waals surface area contributed by atoms with Crippen molar-refractivity contribution in [2.45, 2.75) is 13.3 Å². The van der Waals surface area contributed by atoms with Crippen molar-refractivity contribution in [3.05, 3.63) is 29.1 Å². The molecule has 1 nitrogen and oxygen atoms in total. The number of rotatable bonds is 2. The number of hydrogen-bond donors (Lipinski definition) is 1. The van der Waals surface area contributed by atoms with Crippen LogP contribution in [0.1, 0.15) is 11.1 Å². The van der Waals surface area contributed by atoms with Crippen molar-refractivity contribution in [1.82, 2.24) is 0 Å². The first-order valence-electron chi connectivity index (χ1n) is 3.69. The first kappa shape index (κ1) is 9.33. The van der Waals surface area contributed by atoms with Gasteiger partial charge in [0, 0.05) is 11.9 Å². The minimum absolute atomic E-state index is 0.00850. The molecule has 1 aromatic carbocycles. The Morgan fingerprint density at radius 1 is 1.50 bits per heavy atom. The molecule has 0 aliphatic carbocycles. The van der Waals surface area contributed by atoms with Gasteiger partial charge in [0.05, 0.1) is 0 Å². The molecule has 0 fully saturated rings. The van der Waals surface area contributed by atoms with Gasteiger partial charge < -0.3 is 5.11 Å². The van der Waals surface area contributed by atoms with E-state index in [2.05, 4.69) is 0 Å². The fraction of sp³-hybridized carbons (Fsp3) is 0.333. The van der Waals surface area contributed by atoms with E-state index in [0.717, 1.165) is 6.07 Å². The van der Waals surface area contributed by atoms with Crippen LogP contribution in [-0.4, -0.2) is 11.0 Å². The Kier molecular flexibility index (Phi) is 2.93. The SMILES string of the molecule is Cc1cc(CCCl)c(F)cc1O. The number of alkyl halides is 1. The van der Waals surface area contributed by atoms with Gasteiger partial charge in [0.2, 0.25) is 0 Å². The summed E-state index contributed by atoms with van der Waals surface area (Å²) in [7, 11) is 0. The third-order valence-electron chi connectivity index (χ3n) is 1.73. The van der Waals surface area contributed by atoms with Crippen molar-refractivity contribution < 1.29 is 9.50 Å². The molecule has 0 bridgehead atoms. The first-order valence-corrected chi connectivity index (χ1v) is 4.22. The van der Waals surface area contributed by atoms with Crippen LogP contribution in [0.3, 0.4) is 0 Å². The predicted octanol–water partition coefficient (Wildman–Crippen LogP) is 2.62. The summed E-state index contributed by atoms with van der Waals surface area (Å²) in [6.07, 6.45) is 0.495. The molecule has 1 rings (SSSR count). The number of hydrogen-bond acceptors (Lipinski definition) is 1. The van der Waals surface area contributed by atoms with Gasteiger partial charge in [-0.3, -0.25) is 0 Å². The highest BCUT2D eigenvalue weighted by Crippen LogP contribution is 2.21. The van der Waals surface area contributed by atoms with E-state index < -0.39 is 5.82 Å². The summed E-state index contributed by atoms with van der Waals surface area (Å²) >= 11 is 5.47. The van der Waals surface area contributed by atoms with Crippen molar-refractivity contribution in [3.8, 4) is 5.75 Å². The lowest BCUT2D eigenvalue weighted by Gasteiger charge is -2.03. The molecule has 0 radical (unpaired) electrons. The average molecular weight is 189 g/mol. The number of phenols is 1. The zero-order chi connectivity index (χ0) is 9.14. The van der Waals surface area contributed by atoms with Crippen LogP contribution in [-0.2, 0) is 6.42 Å². The molecule has 0 amide bonds. The van der Waals surface area contributed by atoms with Gasteiger partial charge in [0.15, 0.2) is 0 Å². The highest BCUT2D eigenvalue weighted by molar-refractivity contribution is 6.17. The summed E-state index contributed by atoms with van der Waals surface area (Å²) in [6, 6.07) is 2.74. The highest BCUT2D eigenvalue weighted by atomic mass is 35.5. The standard InChI is InChI=1S/C9H10ClFO/c1-6-4-7(2-3-10)8(11)5-9(6)12/h4-5,12H,2-3H2,1H3. The van der Waals surface area contributed by atoms with Gasteiger partial charge in [-0.05, 0) is 30.5 Å². The van der Waals surface area contributed by atoms with Crippen LogP contribution in [0.4, 0.5) is 4.39 Å². The van der Waals surface area contributed by atoms with Crippen LogP contribution in [0.25, 0.3) is 0 Å². The van der Waals surface area contributed by atoms with Crippen LogP contribution in [0, 0.1) is 12.7 Å². The smallest absolute Gasteiger partial charge is 0.130 e. The average Bonchev–Trinajstić information content (AvgIpc) is 2.01. The molecule has 0 atom stereocenters. The van der Waals surface area contributed by atoms with Gasteiger partial charge in [0.1, 0.15) is 11.6 Å². The fourth-order valence-corrected chi connectivity index (χ4v) is 1.23. The van der Waals surface area contributed by atoms with E-state index >= 15 is 0 Å². The van der Waals surface area contributed by atoms with Gasteiger partial charge in [-0.1, -0.05) is 0 Å². The van der Waals surface area contributed by atoms with Crippen molar-refractivity contribution in [2.24, 2.45) is 0 Å². The summed E-state index contributed by atoms with van der Waals surface area (Å²) in [5.41, 5.74) is 1.23. The Bertz CT molecular complexity index is 286. The number of aromatic hydroxyl groups is 1. The summed E-state index contributed by atoms with van der Waals surface area (Å²) in [4.78, 5) is 0. The minimum atomic E-state index is -0.390. The number of halogens is 2. The van der Waals surface area contributed by atoms with E-state index in [1.165, 1.54) is 0 Å². The van der Waals surface area contributed by atoms with Crippen LogP contribution in [0.15, 0.2) is 12.1 Å². The lowest BCUT2D eigenvalue weighted by molar-refractivity contribution is 0.463. The Balaban J connectivity index is 3.05. The Hall–Kier alpha value is -0.760. The topological polar surface area (TPSA) is 20.2 Å². The van der Waals surface area contributed by atoms with E-state index in [1.807, 2.05) is 0 Å². The second kappa shape index (κ2) is 3.76. The van der Waals surface area contributed by atoms with Crippen molar-refractivity contribution in [2.75, 3.05) is 5.88 Å². The molecular weight excluding hydrogens is 179 g/mol. The third-order valence-corrected chi connectivity index (χ3v) is 1.92. The van der Waals surface area contributed by atoms with Crippen molar-refractivity contribution in [1.29, 1.82) is 0 Å². The molecule has 0 aromatic heterocycles. The highest BCUT2D eigenvalue weighted by Gasteiger charge is 2.05. The molecule has 0 heterocycles. The van der Waals surface area contributed by atoms with Crippen LogP contribution >= 0.6 is 11.6 Å². The monoisotopic (exact) mass is 188 g/mol. The molecule has 1 aromatic rings. The number of benzene rings is 1. The zero-order valence-corrected chi connectivity index (χ0v) is 7.53. The van der Waals surface area contributed by atoms with Gasteiger partial charge >= 0.3 is 0 Å². The van der Waals surface area contributed by atoms with Gasteiger partial charge in [-0.25, -0.2) is 4.39 Å². The lowest BCUT2D eigenvalue weighted by Crippen LogP contribution is -1.92. The molecule has 1 N–H and O–H groups in total. The summed E-state index contributed by atoms with van der Waals surface area (Å²) < 4.78 is 13.0. The maximum absolute atomic E-state index is 13.0. The van der Waals surface area contributed by atoms with E-state index in [9.17, 15) is 4.39 Å². The van der Waals surface area contributed by atoms with Crippen molar-refractivity contribution in [3.63, 3.8) is 0 Å². The van der Waals surface area contributed by atoms with Crippen molar-refractivity contribution >= 4 is 11.6 Å². The van der Waals surface area contributed by atoms with E-state index in [0.29, 0.717) is 23.4 Å². The Morgan fingerprint density at radius 2 is 2.17 bits per heavy atom. The summed E-state index contributed by atoms with van der Waals surface area (Å²) in [5.74, 6) is -0.00853. The Labute approximate surface area is 75.8 Å². The van der Waals surface area contributed by atoms with E-state index in [1.54, 1.807) is 13.0 Å². The van der Waals surface area contributed by atoms with Gasteiger partial charge in [-0.2, -0.15) is 0 Å². The largest absolute Gasteiger partial charge is 0.508 e. The third kappa shape index (κ3) is 1.89. The molecular formula is C9H10ClFO. The van der Waals surface area contributed by atoms with Gasteiger partial charge in [-0.15, -0.1) is 11.6 Å². The summed E-state index contributed by atoms with van der Waals surface area (Å²) in [6.45, 7) is 1.73. The van der Waals surface area contributed by atoms with Gasteiger partial charge in [0.25, 0.3) is 0 Å². The number of phenolic OH excluding ortho intramolecular Hbond substituents is 1. The molecule has 66 valence electrons. The summed E-state index contributed by atoms with van der Waals surface area (Å²) in [5, 5.41) is 9.12. The normalized spacial score (nSPS) is 10.2. The molecule has 0 spiro atoms. The molecule has 0 aliphatic heterocycles. The number of aryl methyl sites for hydroxylation is 2. The maximum Gasteiger partial charge on any atom is 0.130 e. The predicted molar refractivity (Wildman–Crippen MR) is 47.2 cm³/mol. The fourth-order valence-electron chi connectivity index (χ4n) is 1.02. The molecule has 0 unspecified atom stereocenters. The molecule has 0 saturated carbocycles. The molecule has 0 saturated heterocycles. The molecule has 12 heavy (non-hydrogen) atoms. The lowest BCUT2D eigenvalue weighted by atomic mass is 10.1. The quantitative estimate of drug-likeness (QED) is 0.708. The molecule has 0 aliphatic rings. The van der Waals surface area contributed by atoms with Crippen LogP contribution < -0.4 is 0 Å². The first-order chi connectivity index (χ1) is 5.65. The van der Waals surface area contributed by atoms with E-state index in [4.69, 9.17) is 16.7 Å². The van der Waals surface area contributed by atoms with Crippen LogP contribution in [0.5, 0.6) is 5.75 Å². The Morgan fingerprint density at radius 3 is 2.75 bits per heavy atom. The second-order valence-electron chi connectivity index (χ2n) is 2.67. The van der Waals surface area contributed by atoms with Crippen LogP contribution in [0.2, 0.25) is 0 Å². The minimum Gasteiger partial charge on any atom is -0.508 e. The second-order valence-corrected chi connectivity index (χ2v) is 3.05. The maximum atomic E-state index is 13.0. The molecule has 3 heteroatoms.